The lowest BCUT2D eigenvalue weighted by Gasteiger charge is -2.27. The van der Waals surface area contributed by atoms with Crippen LogP contribution in [0.4, 0.5) is 0 Å². The van der Waals surface area contributed by atoms with Crippen molar-refractivity contribution in [2.45, 2.75) is 19.9 Å². The molecule has 1 aliphatic heterocycles. The van der Waals surface area contributed by atoms with Gasteiger partial charge in [0.15, 0.2) is 0 Å². The van der Waals surface area contributed by atoms with Gasteiger partial charge >= 0.3 is 0 Å². The van der Waals surface area contributed by atoms with Gasteiger partial charge in [0.25, 0.3) is 11.7 Å². The number of ketones is 1. The maximum atomic E-state index is 13.0. The predicted molar refractivity (Wildman–Crippen MR) is 123 cm³/mol. The van der Waals surface area contributed by atoms with Crippen LogP contribution in [0.5, 0.6) is 5.75 Å². The Balaban J connectivity index is 1.97. The van der Waals surface area contributed by atoms with Crippen LogP contribution >= 0.6 is 11.3 Å². The van der Waals surface area contributed by atoms with Crippen molar-refractivity contribution >= 4 is 28.8 Å². The normalized spacial score (nSPS) is 18.0. The van der Waals surface area contributed by atoms with E-state index in [1.54, 1.807) is 35.2 Å². The number of likely N-dealkylation sites (tertiary alicyclic amines) is 1. The highest BCUT2D eigenvalue weighted by Gasteiger charge is 2.46. The highest BCUT2D eigenvalue weighted by molar-refractivity contribution is 7.10. The van der Waals surface area contributed by atoms with Crippen molar-refractivity contribution in [3.05, 3.63) is 70.4 Å². The summed E-state index contributed by atoms with van der Waals surface area (Å²) < 4.78 is 5.48. The summed E-state index contributed by atoms with van der Waals surface area (Å²) in [7, 11) is 0. The minimum absolute atomic E-state index is 0.131. The topological polar surface area (TPSA) is 70.1 Å². The van der Waals surface area contributed by atoms with E-state index < -0.39 is 17.7 Å². The Morgan fingerprint density at radius 2 is 1.94 bits per heavy atom. The van der Waals surface area contributed by atoms with E-state index in [1.807, 2.05) is 17.5 Å². The second-order valence-corrected chi connectivity index (χ2v) is 8.14. The lowest BCUT2D eigenvalue weighted by molar-refractivity contribution is -0.140. The third-order valence-corrected chi connectivity index (χ3v) is 6.32. The number of thiophene rings is 1. The fourth-order valence-corrected chi connectivity index (χ4v) is 4.51. The van der Waals surface area contributed by atoms with Gasteiger partial charge in [-0.2, -0.15) is 0 Å². The molecule has 3 rings (SSSR count). The molecular formula is C24H28N2O4S. The van der Waals surface area contributed by atoms with Crippen molar-refractivity contribution in [1.82, 2.24) is 9.80 Å². The Labute approximate surface area is 187 Å². The smallest absolute Gasteiger partial charge is 0.295 e. The van der Waals surface area contributed by atoms with Gasteiger partial charge in [0.05, 0.1) is 11.6 Å². The number of carbonyl (C=O) groups is 2. The monoisotopic (exact) mass is 440 g/mol. The van der Waals surface area contributed by atoms with Crippen LogP contribution in [0.15, 0.2) is 60.0 Å². The molecule has 0 saturated carbocycles. The summed E-state index contributed by atoms with van der Waals surface area (Å²) in [5, 5.41) is 13.0. The predicted octanol–water partition coefficient (Wildman–Crippen LogP) is 4.08. The highest BCUT2D eigenvalue weighted by atomic mass is 32.1. The van der Waals surface area contributed by atoms with Gasteiger partial charge in [0, 0.05) is 23.5 Å². The van der Waals surface area contributed by atoms with Gasteiger partial charge < -0.3 is 19.6 Å². The highest BCUT2D eigenvalue weighted by Crippen LogP contribution is 2.41. The number of benzene rings is 1. The summed E-state index contributed by atoms with van der Waals surface area (Å²) in [5.74, 6) is -0.760. The summed E-state index contributed by atoms with van der Waals surface area (Å²) in [6.07, 6.45) is 1.65. The Hall–Kier alpha value is -2.90. The Morgan fingerprint density at radius 1 is 1.23 bits per heavy atom. The molecule has 0 spiro atoms. The average molecular weight is 441 g/mol. The fraction of sp³-hybridized carbons (Fsp3) is 0.333. The first-order valence-corrected chi connectivity index (χ1v) is 11.3. The number of likely N-dealkylation sites (N-methyl/N-ethyl adjacent to an activating group) is 1. The number of nitrogens with zero attached hydrogens (tertiary/aromatic N) is 2. The molecular weight excluding hydrogens is 412 g/mol. The Morgan fingerprint density at radius 3 is 2.52 bits per heavy atom. The molecule has 0 radical (unpaired) electrons. The van der Waals surface area contributed by atoms with Gasteiger partial charge in [-0.1, -0.05) is 32.6 Å². The van der Waals surface area contributed by atoms with E-state index in [0.717, 1.165) is 18.0 Å². The molecule has 2 aromatic rings. The largest absolute Gasteiger partial charge is 0.507 e. The van der Waals surface area contributed by atoms with Crippen molar-refractivity contribution in [2.75, 3.05) is 32.8 Å². The van der Waals surface area contributed by atoms with E-state index in [-0.39, 0.29) is 11.3 Å². The average Bonchev–Trinajstić information content (AvgIpc) is 3.40. The first-order chi connectivity index (χ1) is 15.0. The third kappa shape index (κ3) is 4.89. The maximum absolute atomic E-state index is 13.0. The quantitative estimate of drug-likeness (QED) is 0.261. The molecule has 0 unspecified atom stereocenters. The molecule has 164 valence electrons. The number of Topliss-reactive ketones (excluding diaryl/α,β-unsaturated/α-hetero) is 1. The summed E-state index contributed by atoms with van der Waals surface area (Å²) >= 11 is 1.47. The number of hydrogen-bond acceptors (Lipinski definition) is 6. The van der Waals surface area contributed by atoms with Crippen LogP contribution < -0.4 is 4.74 Å². The zero-order valence-electron chi connectivity index (χ0n) is 17.9. The van der Waals surface area contributed by atoms with Crippen LogP contribution in [-0.2, 0) is 9.59 Å². The molecule has 7 heteroatoms. The SMILES string of the molecule is C=CCOc1ccc(C(O)=C2C(=O)C(=O)N(CCN(CC)CC)[C@@H]2c2cccs2)cc1. The zero-order valence-corrected chi connectivity index (χ0v) is 18.7. The fourth-order valence-electron chi connectivity index (χ4n) is 3.66. The molecule has 1 aliphatic rings. The summed E-state index contributed by atoms with van der Waals surface area (Å²) in [6.45, 7) is 10.9. The lowest BCUT2D eigenvalue weighted by Crippen LogP contribution is -2.37. The van der Waals surface area contributed by atoms with Crippen LogP contribution in [0.1, 0.15) is 30.3 Å². The molecule has 1 aromatic heterocycles. The van der Waals surface area contributed by atoms with Crippen LogP contribution in [-0.4, -0.2) is 59.4 Å². The van der Waals surface area contributed by atoms with Crippen molar-refractivity contribution < 1.29 is 19.4 Å². The number of aliphatic hydroxyl groups is 1. The first-order valence-electron chi connectivity index (χ1n) is 10.4. The van der Waals surface area contributed by atoms with Crippen molar-refractivity contribution in [3.8, 4) is 5.75 Å². The molecule has 0 bridgehead atoms. The zero-order chi connectivity index (χ0) is 22.4. The van der Waals surface area contributed by atoms with Crippen LogP contribution in [0.3, 0.4) is 0 Å². The first kappa shape index (κ1) is 22.8. The molecule has 1 saturated heterocycles. The minimum atomic E-state index is -0.651. The van der Waals surface area contributed by atoms with E-state index >= 15 is 0 Å². The van der Waals surface area contributed by atoms with Crippen molar-refractivity contribution in [1.29, 1.82) is 0 Å². The molecule has 1 amide bonds. The lowest BCUT2D eigenvalue weighted by atomic mass is 10.00. The molecule has 1 aromatic carbocycles. The minimum Gasteiger partial charge on any atom is -0.507 e. The second kappa shape index (κ2) is 10.4. The Kier molecular flexibility index (Phi) is 7.65. The van der Waals surface area contributed by atoms with Gasteiger partial charge in [-0.15, -0.1) is 11.3 Å². The van der Waals surface area contributed by atoms with Crippen molar-refractivity contribution in [3.63, 3.8) is 0 Å². The molecule has 2 heterocycles. The van der Waals surface area contributed by atoms with E-state index in [0.29, 0.717) is 31.0 Å². The van der Waals surface area contributed by atoms with Crippen LogP contribution in [0.25, 0.3) is 5.76 Å². The molecule has 6 nitrogen and oxygen atoms in total. The van der Waals surface area contributed by atoms with E-state index in [2.05, 4.69) is 25.3 Å². The summed E-state index contributed by atoms with van der Waals surface area (Å²) in [4.78, 5) is 30.5. The van der Waals surface area contributed by atoms with Crippen LogP contribution in [0, 0.1) is 0 Å². The molecule has 0 aliphatic carbocycles. The van der Waals surface area contributed by atoms with Gasteiger partial charge in [0.2, 0.25) is 0 Å². The number of carbonyl (C=O) groups excluding carboxylic acids is 2. The van der Waals surface area contributed by atoms with E-state index in [1.165, 1.54) is 11.3 Å². The van der Waals surface area contributed by atoms with Crippen LogP contribution in [0.2, 0.25) is 0 Å². The number of aliphatic hydroxyl groups excluding tert-OH is 1. The Bertz CT molecular complexity index is 946. The second-order valence-electron chi connectivity index (χ2n) is 7.16. The molecule has 31 heavy (non-hydrogen) atoms. The molecule has 1 atom stereocenters. The molecule has 1 fully saturated rings. The summed E-state index contributed by atoms with van der Waals surface area (Å²) in [6, 6.07) is 9.99. The number of amides is 1. The van der Waals surface area contributed by atoms with Gasteiger partial charge in [-0.25, -0.2) is 0 Å². The number of hydrogen-bond donors (Lipinski definition) is 1. The van der Waals surface area contributed by atoms with Crippen molar-refractivity contribution in [2.24, 2.45) is 0 Å². The van der Waals surface area contributed by atoms with Gasteiger partial charge in [-0.3, -0.25) is 9.59 Å². The summed E-state index contributed by atoms with van der Waals surface area (Å²) in [5.41, 5.74) is 0.598. The van der Waals surface area contributed by atoms with Gasteiger partial charge in [-0.05, 0) is 48.8 Å². The van der Waals surface area contributed by atoms with E-state index in [9.17, 15) is 14.7 Å². The van der Waals surface area contributed by atoms with Gasteiger partial charge in [0.1, 0.15) is 18.1 Å². The number of rotatable bonds is 10. The standard InChI is InChI=1S/C24H28N2O4S/c1-4-15-30-18-11-9-17(10-12-18)22(27)20-21(19-8-7-16-31-19)26(24(29)23(20)28)14-13-25(5-2)6-3/h4,7-12,16,21,27H,1,5-6,13-15H2,2-3H3/t21-/m1/s1. The maximum Gasteiger partial charge on any atom is 0.295 e. The van der Waals surface area contributed by atoms with E-state index in [4.69, 9.17) is 4.74 Å². The molecule has 1 N–H and O–H groups in total. The third-order valence-electron chi connectivity index (χ3n) is 5.40. The number of ether oxygens (including phenoxy) is 1.